The molecule has 1 N–H and O–H groups in total. The first kappa shape index (κ1) is 10.2. The second kappa shape index (κ2) is 4.03. The number of carbonyl (C=O) groups is 1. The van der Waals surface area contributed by atoms with Gasteiger partial charge in [-0.3, -0.25) is 4.90 Å². The minimum absolute atomic E-state index is 0.139. The molecular weight excluding hydrogens is 190 g/mol. The zero-order chi connectivity index (χ0) is 10.8. The number of likely N-dealkylation sites (N-methyl/N-ethyl adjacent to an activating group) is 1. The Morgan fingerprint density at radius 3 is 3.07 bits per heavy atom. The standard InChI is InChI=1S/C12H15NO2/c1-2-13-6-5-9-7-10(15)3-4-11(9)12(13)8-14/h3-4,7-8,12,15H,2,5-6H2,1H3. The smallest absolute Gasteiger partial charge is 0.141 e. The maximum Gasteiger partial charge on any atom is 0.141 e. The third-order valence-corrected chi connectivity index (χ3v) is 3.04. The molecule has 3 heteroatoms. The number of aromatic hydroxyl groups is 1. The molecule has 3 nitrogen and oxygen atoms in total. The van der Waals surface area contributed by atoms with Crippen molar-refractivity contribution in [2.24, 2.45) is 0 Å². The first-order valence-corrected chi connectivity index (χ1v) is 5.27. The lowest BCUT2D eigenvalue weighted by atomic mass is 9.93. The summed E-state index contributed by atoms with van der Waals surface area (Å²) in [6, 6.07) is 5.12. The van der Waals surface area contributed by atoms with Crippen molar-refractivity contribution in [1.82, 2.24) is 4.90 Å². The summed E-state index contributed by atoms with van der Waals surface area (Å²) in [5.74, 6) is 0.281. The van der Waals surface area contributed by atoms with Crippen LogP contribution >= 0.6 is 0 Å². The number of nitrogens with zero attached hydrogens (tertiary/aromatic N) is 1. The molecule has 0 bridgehead atoms. The van der Waals surface area contributed by atoms with Crippen molar-refractivity contribution in [2.45, 2.75) is 19.4 Å². The van der Waals surface area contributed by atoms with E-state index < -0.39 is 0 Å². The second-order valence-corrected chi connectivity index (χ2v) is 3.84. The molecular formula is C12H15NO2. The molecule has 1 heterocycles. The summed E-state index contributed by atoms with van der Waals surface area (Å²) in [5, 5.41) is 9.37. The molecule has 1 atom stereocenters. The van der Waals surface area contributed by atoms with E-state index in [1.165, 1.54) is 0 Å². The Balaban J connectivity index is 2.41. The van der Waals surface area contributed by atoms with Crippen molar-refractivity contribution >= 4 is 6.29 Å². The van der Waals surface area contributed by atoms with Gasteiger partial charge in [-0.15, -0.1) is 0 Å². The van der Waals surface area contributed by atoms with Crippen LogP contribution in [0.25, 0.3) is 0 Å². The Morgan fingerprint density at radius 2 is 2.40 bits per heavy atom. The third-order valence-electron chi connectivity index (χ3n) is 3.04. The molecule has 80 valence electrons. The largest absolute Gasteiger partial charge is 0.508 e. The normalized spacial score (nSPS) is 21.0. The molecule has 0 fully saturated rings. The molecule has 0 saturated heterocycles. The van der Waals surface area contributed by atoms with E-state index in [9.17, 15) is 9.90 Å². The highest BCUT2D eigenvalue weighted by Gasteiger charge is 2.25. The Kier molecular flexibility index (Phi) is 2.73. The van der Waals surface area contributed by atoms with Gasteiger partial charge in [-0.1, -0.05) is 13.0 Å². The number of fused-ring (bicyclic) bond motifs is 1. The van der Waals surface area contributed by atoms with Gasteiger partial charge in [0.15, 0.2) is 0 Å². The molecule has 15 heavy (non-hydrogen) atoms. The number of carbonyl (C=O) groups excluding carboxylic acids is 1. The van der Waals surface area contributed by atoms with Gasteiger partial charge in [0.05, 0.1) is 6.04 Å². The summed E-state index contributed by atoms with van der Waals surface area (Å²) in [5.41, 5.74) is 2.13. The zero-order valence-corrected chi connectivity index (χ0v) is 8.81. The summed E-state index contributed by atoms with van der Waals surface area (Å²) in [6.45, 7) is 3.82. The van der Waals surface area contributed by atoms with E-state index in [2.05, 4.69) is 11.8 Å². The van der Waals surface area contributed by atoms with Crippen molar-refractivity contribution in [3.8, 4) is 5.75 Å². The number of hydrogen-bond donors (Lipinski definition) is 1. The highest BCUT2D eigenvalue weighted by molar-refractivity contribution is 5.64. The molecule has 0 saturated carbocycles. The van der Waals surface area contributed by atoms with Crippen molar-refractivity contribution in [3.05, 3.63) is 29.3 Å². The average Bonchev–Trinajstić information content (AvgIpc) is 2.27. The Labute approximate surface area is 89.3 Å². The summed E-state index contributed by atoms with van der Waals surface area (Å²) >= 11 is 0. The molecule has 0 spiro atoms. The molecule has 0 radical (unpaired) electrons. The Bertz CT molecular complexity index is 376. The van der Waals surface area contributed by atoms with Crippen LogP contribution in [-0.4, -0.2) is 29.4 Å². The molecule has 1 aromatic rings. The molecule has 0 aromatic heterocycles. The topological polar surface area (TPSA) is 40.5 Å². The van der Waals surface area contributed by atoms with Crippen LogP contribution in [0.3, 0.4) is 0 Å². The summed E-state index contributed by atoms with van der Waals surface area (Å²) in [7, 11) is 0. The molecule has 1 aromatic carbocycles. The quantitative estimate of drug-likeness (QED) is 0.744. The molecule has 0 aliphatic carbocycles. The first-order valence-electron chi connectivity index (χ1n) is 5.27. The first-order chi connectivity index (χ1) is 7.26. The Morgan fingerprint density at radius 1 is 1.60 bits per heavy atom. The van der Waals surface area contributed by atoms with Crippen LogP contribution in [0.15, 0.2) is 18.2 Å². The SMILES string of the molecule is CCN1CCc2cc(O)ccc2C1C=O. The number of phenolic OH excluding ortho intramolecular Hbond substituents is 1. The highest BCUT2D eigenvalue weighted by Crippen LogP contribution is 2.30. The number of hydrogen-bond acceptors (Lipinski definition) is 3. The number of aldehydes is 1. The second-order valence-electron chi connectivity index (χ2n) is 3.84. The summed E-state index contributed by atoms with van der Waals surface area (Å²) < 4.78 is 0. The fourth-order valence-electron chi connectivity index (χ4n) is 2.21. The van der Waals surface area contributed by atoms with E-state index in [0.717, 1.165) is 36.9 Å². The lowest BCUT2D eigenvalue weighted by Crippen LogP contribution is -2.36. The minimum Gasteiger partial charge on any atom is -0.508 e. The molecule has 2 rings (SSSR count). The summed E-state index contributed by atoms with van der Waals surface area (Å²) in [6.07, 6.45) is 1.89. The van der Waals surface area contributed by atoms with Crippen LogP contribution in [-0.2, 0) is 11.2 Å². The highest BCUT2D eigenvalue weighted by atomic mass is 16.3. The maximum absolute atomic E-state index is 11.1. The van der Waals surface area contributed by atoms with Gasteiger partial charge in [-0.2, -0.15) is 0 Å². The number of rotatable bonds is 2. The molecule has 0 amide bonds. The van der Waals surface area contributed by atoms with Crippen molar-refractivity contribution < 1.29 is 9.90 Å². The predicted molar refractivity (Wildman–Crippen MR) is 57.9 cm³/mol. The Hall–Kier alpha value is -1.35. The number of phenols is 1. The van der Waals surface area contributed by atoms with Crippen LogP contribution in [0.4, 0.5) is 0 Å². The average molecular weight is 205 g/mol. The molecule has 1 aliphatic heterocycles. The minimum atomic E-state index is -0.139. The monoisotopic (exact) mass is 205 g/mol. The van der Waals surface area contributed by atoms with E-state index in [1.807, 2.05) is 6.07 Å². The molecule has 1 aliphatic rings. The van der Waals surface area contributed by atoms with E-state index in [0.29, 0.717) is 0 Å². The van der Waals surface area contributed by atoms with Gasteiger partial charge in [0.2, 0.25) is 0 Å². The maximum atomic E-state index is 11.1. The van der Waals surface area contributed by atoms with E-state index in [4.69, 9.17) is 0 Å². The van der Waals surface area contributed by atoms with Gasteiger partial charge in [-0.25, -0.2) is 0 Å². The third kappa shape index (κ3) is 1.75. The lowest BCUT2D eigenvalue weighted by Gasteiger charge is -2.33. The van der Waals surface area contributed by atoms with E-state index in [1.54, 1.807) is 12.1 Å². The lowest BCUT2D eigenvalue weighted by molar-refractivity contribution is -0.112. The summed E-state index contributed by atoms with van der Waals surface area (Å²) in [4.78, 5) is 13.2. The van der Waals surface area contributed by atoms with Crippen LogP contribution < -0.4 is 0 Å². The fraction of sp³-hybridized carbons (Fsp3) is 0.417. The van der Waals surface area contributed by atoms with Gasteiger partial charge in [0.1, 0.15) is 12.0 Å². The van der Waals surface area contributed by atoms with Crippen LogP contribution in [0.1, 0.15) is 24.1 Å². The van der Waals surface area contributed by atoms with Gasteiger partial charge in [0, 0.05) is 6.54 Å². The fourth-order valence-corrected chi connectivity index (χ4v) is 2.21. The van der Waals surface area contributed by atoms with Crippen LogP contribution in [0, 0.1) is 0 Å². The zero-order valence-electron chi connectivity index (χ0n) is 8.81. The predicted octanol–water partition coefficient (Wildman–Crippen LogP) is 1.51. The van der Waals surface area contributed by atoms with Crippen LogP contribution in [0.5, 0.6) is 5.75 Å². The van der Waals surface area contributed by atoms with Crippen molar-refractivity contribution in [2.75, 3.05) is 13.1 Å². The van der Waals surface area contributed by atoms with Crippen molar-refractivity contribution in [1.29, 1.82) is 0 Å². The molecule has 1 unspecified atom stereocenters. The van der Waals surface area contributed by atoms with Gasteiger partial charge in [-0.05, 0) is 36.2 Å². The van der Waals surface area contributed by atoms with Gasteiger partial charge in [0.25, 0.3) is 0 Å². The van der Waals surface area contributed by atoms with Gasteiger partial charge >= 0.3 is 0 Å². The number of benzene rings is 1. The van der Waals surface area contributed by atoms with Crippen molar-refractivity contribution in [3.63, 3.8) is 0 Å². The van der Waals surface area contributed by atoms with E-state index >= 15 is 0 Å². The van der Waals surface area contributed by atoms with Gasteiger partial charge < -0.3 is 9.90 Å². The van der Waals surface area contributed by atoms with Crippen LogP contribution in [0.2, 0.25) is 0 Å². The van der Waals surface area contributed by atoms with E-state index in [-0.39, 0.29) is 11.8 Å².